The van der Waals surface area contributed by atoms with Gasteiger partial charge in [0.15, 0.2) is 5.75 Å². The predicted molar refractivity (Wildman–Crippen MR) is 62.1 cm³/mol. The largest absolute Gasteiger partial charge is 0.502 e. The summed E-state index contributed by atoms with van der Waals surface area (Å²) in [5.74, 6) is 0.116. The highest BCUT2D eigenvalue weighted by Crippen LogP contribution is 2.18. The molecule has 0 bridgehead atoms. The zero-order valence-corrected chi connectivity index (χ0v) is 9.97. The topological polar surface area (TPSA) is 68.0 Å². The Morgan fingerprint density at radius 2 is 2.19 bits per heavy atom. The van der Waals surface area contributed by atoms with Crippen molar-refractivity contribution in [1.82, 2.24) is 14.5 Å². The van der Waals surface area contributed by atoms with Crippen LogP contribution in [0.15, 0.2) is 33.9 Å². The van der Waals surface area contributed by atoms with E-state index in [-0.39, 0.29) is 5.75 Å². The number of rotatable bonds is 1. The molecule has 2 aromatic rings. The Bertz CT molecular complexity index is 595. The first kappa shape index (κ1) is 10.8. The summed E-state index contributed by atoms with van der Waals surface area (Å²) in [5.41, 5.74) is 0.277. The molecular weight excluding hydrogens is 274 g/mol. The molecule has 0 saturated carbocycles. The minimum Gasteiger partial charge on any atom is -0.502 e. The van der Waals surface area contributed by atoms with E-state index in [0.717, 1.165) is 11.8 Å². The highest BCUT2D eigenvalue weighted by Gasteiger charge is 2.08. The van der Waals surface area contributed by atoms with Gasteiger partial charge in [-0.1, -0.05) is 0 Å². The molecule has 5 nitrogen and oxygen atoms in total. The van der Waals surface area contributed by atoms with Gasteiger partial charge in [0.2, 0.25) is 0 Å². The van der Waals surface area contributed by atoms with Crippen molar-refractivity contribution in [2.24, 2.45) is 7.05 Å². The number of aromatic nitrogens is 3. The van der Waals surface area contributed by atoms with E-state index in [4.69, 9.17) is 0 Å². The van der Waals surface area contributed by atoms with Gasteiger partial charge in [0, 0.05) is 18.8 Å². The molecule has 0 radical (unpaired) electrons. The van der Waals surface area contributed by atoms with Crippen molar-refractivity contribution in [1.29, 1.82) is 0 Å². The zero-order valence-electron chi connectivity index (χ0n) is 8.38. The van der Waals surface area contributed by atoms with E-state index < -0.39 is 5.56 Å². The first-order chi connectivity index (χ1) is 7.59. The van der Waals surface area contributed by atoms with Gasteiger partial charge in [0.25, 0.3) is 5.56 Å². The van der Waals surface area contributed by atoms with Crippen LogP contribution in [0.3, 0.4) is 0 Å². The second-order valence-corrected chi connectivity index (χ2v) is 4.01. The average molecular weight is 282 g/mol. The predicted octanol–water partition coefficient (Wildman–Crippen LogP) is 1.31. The smallest absolute Gasteiger partial charge is 0.295 e. The highest BCUT2D eigenvalue weighted by atomic mass is 79.9. The van der Waals surface area contributed by atoms with E-state index in [1.165, 1.54) is 4.57 Å². The molecule has 0 aliphatic carbocycles. The molecule has 0 aliphatic rings. The maximum atomic E-state index is 11.5. The molecule has 0 atom stereocenters. The van der Waals surface area contributed by atoms with Crippen LogP contribution in [0.25, 0.3) is 11.4 Å². The first-order valence-electron chi connectivity index (χ1n) is 4.46. The minimum atomic E-state index is -0.474. The van der Waals surface area contributed by atoms with Gasteiger partial charge < -0.3 is 5.11 Å². The number of aromatic hydroxyl groups is 1. The van der Waals surface area contributed by atoms with Crippen LogP contribution in [-0.2, 0) is 7.05 Å². The van der Waals surface area contributed by atoms with E-state index in [9.17, 15) is 9.90 Å². The zero-order chi connectivity index (χ0) is 11.7. The van der Waals surface area contributed by atoms with Gasteiger partial charge in [-0.15, -0.1) is 0 Å². The summed E-state index contributed by atoms with van der Waals surface area (Å²) < 4.78 is 1.95. The Morgan fingerprint density at radius 3 is 2.88 bits per heavy atom. The van der Waals surface area contributed by atoms with Gasteiger partial charge in [-0.05, 0) is 28.1 Å². The summed E-state index contributed by atoms with van der Waals surface area (Å²) in [6.45, 7) is 0. The molecule has 16 heavy (non-hydrogen) atoms. The van der Waals surface area contributed by atoms with Gasteiger partial charge in [-0.3, -0.25) is 9.36 Å². The van der Waals surface area contributed by atoms with Crippen LogP contribution in [0.2, 0.25) is 0 Å². The van der Waals surface area contributed by atoms with Gasteiger partial charge in [0.05, 0.1) is 6.20 Å². The average Bonchev–Trinajstić information content (AvgIpc) is 2.26. The van der Waals surface area contributed by atoms with Crippen molar-refractivity contribution in [2.75, 3.05) is 0 Å². The van der Waals surface area contributed by atoms with E-state index in [0.29, 0.717) is 10.4 Å². The summed E-state index contributed by atoms with van der Waals surface area (Å²) in [5, 5.41) is 9.21. The van der Waals surface area contributed by atoms with Crippen molar-refractivity contribution >= 4 is 15.9 Å². The maximum Gasteiger partial charge on any atom is 0.295 e. The van der Waals surface area contributed by atoms with E-state index in [1.807, 2.05) is 0 Å². The fourth-order valence-electron chi connectivity index (χ4n) is 1.34. The number of pyridine rings is 1. The maximum absolute atomic E-state index is 11.5. The molecule has 0 aliphatic heterocycles. The molecule has 0 spiro atoms. The highest BCUT2D eigenvalue weighted by molar-refractivity contribution is 9.10. The summed E-state index contributed by atoms with van der Waals surface area (Å²) in [7, 11) is 1.55. The molecule has 0 saturated heterocycles. The van der Waals surface area contributed by atoms with Crippen LogP contribution in [0.5, 0.6) is 5.75 Å². The monoisotopic (exact) mass is 281 g/mol. The van der Waals surface area contributed by atoms with Crippen LogP contribution in [0, 0.1) is 0 Å². The molecular formula is C10H8BrN3O2. The Labute approximate surface area is 99.5 Å². The minimum absolute atomic E-state index is 0.362. The molecule has 6 heteroatoms. The normalized spacial score (nSPS) is 10.4. The number of halogens is 1. The van der Waals surface area contributed by atoms with Crippen molar-refractivity contribution in [3.8, 4) is 17.1 Å². The number of hydrogen-bond acceptors (Lipinski definition) is 4. The van der Waals surface area contributed by atoms with Crippen LogP contribution < -0.4 is 5.56 Å². The van der Waals surface area contributed by atoms with Crippen molar-refractivity contribution < 1.29 is 5.11 Å². The van der Waals surface area contributed by atoms with E-state index in [1.54, 1.807) is 25.4 Å². The van der Waals surface area contributed by atoms with Gasteiger partial charge >= 0.3 is 0 Å². The Balaban J connectivity index is 2.66. The standard InChI is InChI=1S/C10H8BrN3O2/c1-14-9(13-5-7(15)10(14)16)6-2-3-12-8(11)4-6/h2-5,15H,1H3. The molecule has 2 rings (SSSR count). The molecule has 0 fully saturated rings. The van der Waals surface area contributed by atoms with Crippen molar-refractivity contribution in [2.45, 2.75) is 0 Å². The molecule has 82 valence electrons. The lowest BCUT2D eigenvalue weighted by Gasteiger charge is -2.06. The van der Waals surface area contributed by atoms with E-state index in [2.05, 4.69) is 25.9 Å². The van der Waals surface area contributed by atoms with Crippen molar-refractivity contribution in [3.05, 3.63) is 39.5 Å². The summed E-state index contributed by atoms with van der Waals surface area (Å²) in [6.07, 6.45) is 2.75. The van der Waals surface area contributed by atoms with Crippen LogP contribution in [0.1, 0.15) is 0 Å². The second-order valence-electron chi connectivity index (χ2n) is 3.20. The third kappa shape index (κ3) is 1.83. The van der Waals surface area contributed by atoms with Gasteiger partial charge in [0.1, 0.15) is 10.4 Å². The summed E-state index contributed by atoms with van der Waals surface area (Å²) in [4.78, 5) is 19.5. The Morgan fingerprint density at radius 1 is 1.44 bits per heavy atom. The Hall–Kier alpha value is -1.69. The summed E-state index contributed by atoms with van der Waals surface area (Å²) >= 11 is 3.24. The SMILES string of the molecule is Cn1c(-c2ccnc(Br)c2)ncc(O)c1=O. The first-order valence-corrected chi connectivity index (χ1v) is 5.26. The second kappa shape index (κ2) is 4.05. The Kier molecular flexibility index (Phi) is 2.74. The molecule has 0 aromatic carbocycles. The third-order valence-electron chi connectivity index (χ3n) is 2.14. The molecule has 0 amide bonds. The lowest BCUT2D eigenvalue weighted by Crippen LogP contribution is -2.18. The van der Waals surface area contributed by atoms with Gasteiger partial charge in [-0.25, -0.2) is 9.97 Å². The van der Waals surface area contributed by atoms with Crippen LogP contribution >= 0.6 is 15.9 Å². The quantitative estimate of drug-likeness (QED) is 0.801. The number of hydrogen-bond donors (Lipinski definition) is 1. The lowest BCUT2D eigenvalue weighted by molar-refractivity contribution is 0.457. The molecule has 1 N–H and O–H groups in total. The van der Waals surface area contributed by atoms with E-state index >= 15 is 0 Å². The number of nitrogens with zero attached hydrogens (tertiary/aromatic N) is 3. The van der Waals surface area contributed by atoms with Gasteiger partial charge in [-0.2, -0.15) is 0 Å². The summed E-state index contributed by atoms with van der Waals surface area (Å²) in [6, 6.07) is 3.49. The fourth-order valence-corrected chi connectivity index (χ4v) is 1.71. The van der Waals surface area contributed by atoms with Crippen molar-refractivity contribution in [3.63, 3.8) is 0 Å². The fraction of sp³-hybridized carbons (Fsp3) is 0.100. The lowest BCUT2D eigenvalue weighted by atomic mass is 10.2. The third-order valence-corrected chi connectivity index (χ3v) is 2.57. The van der Waals surface area contributed by atoms with Crippen LogP contribution in [-0.4, -0.2) is 19.6 Å². The molecule has 0 unspecified atom stereocenters. The van der Waals surface area contributed by atoms with Crippen LogP contribution in [0.4, 0.5) is 0 Å². The molecule has 2 aromatic heterocycles. The molecule has 2 heterocycles.